The van der Waals surface area contributed by atoms with Crippen molar-refractivity contribution in [2.45, 2.75) is 32.9 Å². The van der Waals surface area contributed by atoms with Crippen molar-refractivity contribution in [3.8, 4) is 0 Å². The number of rotatable bonds is 4. The van der Waals surface area contributed by atoms with E-state index in [1.807, 2.05) is 32.9 Å². The van der Waals surface area contributed by atoms with Gasteiger partial charge in [-0.05, 0) is 32.4 Å². The summed E-state index contributed by atoms with van der Waals surface area (Å²) in [6.45, 7) is 6.39. The van der Waals surface area contributed by atoms with Gasteiger partial charge in [0.05, 0.1) is 6.54 Å². The van der Waals surface area contributed by atoms with Gasteiger partial charge in [-0.25, -0.2) is 0 Å². The summed E-state index contributed by atoms with van der Waals surface area (Å²) in [4.78, 5) is 15.3. The van der Waals surface area contributed by atoms with Crippen molar-refractivity contribution in [1.82, 2.24) is 10.3 Å². The molecule has 16 heavy (non-hydrogen) atoms. The number of carbonyl (C=O) groups is 1. The van der Waals surface area contributed by atoms with Gasteiger partial charge in [0, 0.05) is 18.9 Å². The molecule has 1 N–H and O–H groups in total. The Morgan fingerprint density at radius 3 is 2.81 bits per heavy atom. The van der Waals surface area contributed by atoms with E-state index in [-0.39, 0.29) is 12.5 Å². The van der Waals surface area contributed by atoms with Crippen molar-refractivity contribution in [2.75, 3.05) is 6.54 Å². The van der Waals surface area contributed by atoms with Crippen LogP contribution in [-0.4, -0.2) is 23.1 Å². The molecule has 1 heterocycles. The predicted molar refractivity (Wildman–Crippen MR) is 61.8 cm³/mol. The van der Waals surface area contributed by atoms with Crippen LogP contribution >= 0.6 is 0 Å². The number of ether oxygens (including phenoxy) is 1. The minimum atomic E-state index is -0.424. The molecule has 0 amide bonds. The second-order valence-corrected chi connectivity index (χ2v) is 4.55. The van der Waals surface area contributed by atoms with Gasteiger partial charge < -0.3 is 10.1 Å². The van der Waals surface area contributed by atoms with Gasteiger partial charge in [0.25, 0.3) is 0 Å². The zero-order valence-electron chi connectivity index (χ0n) is 9.99. The summed E-state index contributed by atoms with van der Waals surface area (Å²) < 4.78 is 5.16. The summed E-state index contributed by atoms with van der Waals surface area (Å²) in [5, 5.41) is 3.01. The van der Waals surface area contributed by atoms with Crippen molar-refractivity contribution in [3.05, 3.63) is 30.1 Å². The molecule has 0 unspecified atom stereocenters. The lowest BCUT2D eigenvalue weighted by molar-refractivity contribution is -0.153. The fourth-order valence-corrected chi connectivity index (χ4v) is 1.19. The molecule has 0 aliphatic carbocycles. The maximum absolute atomic E-state index is 11.3. The summed E-state index contributed by atoms with van der Waals surface area (Å²) in [7, 11) is 0. The Labute approximate surface area is 96.0 Å². The van der Waals surface area contributed by atoms with Gasteiger partial charge in [0.2, 0.25) is 0 Å². The summed E-state index contributed by atoms with van der Waals surface area (Å²) in [5.41, 5.74) is 0.624. The molecule has 0 atom stereocenters. The van der Waals surface area contributed by atoms with E-state index in [0.717, 1.165) is 5.56 Å². The number of carbonyl (C=O) groups excluding carboxylic acids is 1. The molecule has 4 heteroatoms. The number of hydrogen-bond donors (Lipinski definition) is 1. The molecule has 0 fully saturated rings. The Morgan fingerprint density at radius 1 is 1.50 bits per heavy atom. The van der Waals surface area contributed by atoms with Gasteiger partial charge in [0.15, 0.2) is 0 Å². The van der Waals surface area contributed by atoms with Crippen LogP contribution in [0.5, 0.6) is 0 Å². The molecule has 0 spiro atoms. The lowest BCUT2D eigenvalue weighted by Gasteiger charge is -2.19. The highest BCUT2D eigenvalue weighted by molar-refractivity contribution is 5.72. The van der Waals surface area contributed by atoms with E-state index >= 15 is 0 Å². The van der Waals surface area contributed by atoms with Gasteiger partial charge in [0.1, 0.15) is 5.60 Å². The fraction of sp³-hybridized carbons (Fsp3) is 0.500. The molecule has 0 saturated heterocycles. The minimum absolute atomic E-state index is 0.214. The third-order valence-corrected chi connectivity index (χ3v) is 1.74. The van der Waals surface area contributed by atoms with E-state index in [2.05, 4.69) is 10.3 Å². The number of nitrogens with zero attached hydrogens (tertiary/aromatic N) is 1. The Bertz CT molecular complexity index is 331. The monoisotopic (exact) mass is 222 g/mol. The Balaban J connectivity index is 2.24. The lowest BCUT2D eigenvalue weighted by atomic mass is 10.2. The first-order valence-corrected chi connectivity index (χ1v) is 5.29. The first kappa shape index (κ1) is 12.6. The van der Waals surface area contributed by atoms with Crippen molar-refractivity contribution < 1.29 is 9.53 Å². The van der Waals surface area contributed by atoms with Crippen molar-refractivity contribution in [1.29, 1.82) is 0 Å². The second kappa shape index (κ2) is 5.61. The normalized spacial score (nSPS) is 11.2. The molecule has 4 nitrogen and oxygen atoms in total. The van der Waals surface area contributed by atoms with Gasteiger partial charge in [-0.15, -0.1) is 0 Å². The van der Waals surface area contributed by atoms with E-state index < -0.39 is 5.60 Å². The molecular weight excluding hydrogens is 204 g/mol. The predicted octanol–water partition coefficient (Wildman–Crippen LogP) is 1.51. The maximum atomic E-state index is 11.3. The third kappa shape index (κ3) is 5.46. The fourth-order valence-electron chi connectivity index (χ4n) is 1.19. The highest BCUT2D eigenvalue weighted by atomic mass is 16.6. The van der Waals surface area contributed by atoms with Crippen LogP contribution in [-0.2, 0) is 16.1 Å². The van der Waals surface area contributed by atoms with E-state index in [9.17, 15) is 4.79 Å². The van der Waals surface area contributed by atoms with Crippen LogP contribution in [0.2, 0.25) is 0 Å². The van der Waals surface area contributed by atoms with Gasteiger partial charge >= 0.3 is 5.97 Å². The maximum Gasteiger partial charge on any atom is 0.320 e. The van der Waals surface area contributed by atoms with Crippen LogP contribution in [0, 0.1) is 0 Å². The highest BCUT2D eigenvalue weighted by Crippen LogP contribution is 2.06. The van der Waals surface area contributed by atoms with Gasteiger partial charge in [-0.1, -0.05) is 6.07 Å². The number of esters is 1. The van der Waals surface area contributed by atoms with E-state index in [1.54, 1.807) is 12.4 Å². The van der Waals surface area contributed by atoms with Crippen molar-refractivity contribution >= 4 is 5.97 Å². The SMILES string of the molecule is CC(C)(C)OC(=O)CNCc1cccnc1. The van der Waals surface area contributed by atoms with Crippen molar-refractivity contribution in [3.63, 3.8) is 0 Å². The van der Waals surface area contributed by atoms with E-state index in [0.29, 0.717) is 6.54 Å². The van der Waals surface area contributed by atoms with Gasteiger partial charge in [-0.3, -0.25) is 9.78 Å². The minimum Gasteiger partial charge on any atom is -0.459 e. The Morgan fingerprint density at radius 2 is 2.25 bits per heavy atom. The Hall–Kier alpha value is -1.42. The number of aromatic nitrogens is 1. The standard InChI is InChI=1S/C12H18N2O2/c1-12(2,3)16-11(15)9-14-8-10-5-4-6-13-7-10/h4-7,14H,8-9H2,1-3H3. The smallest absolute Gasteiger partial charge is 0.320 e. The molecule has 0 bridgehead atoms. The molecule has 0 aromatic carbocycles. The first-order chi connectivity index (χ1) is 7.47. The molecule has 0 radical (unpaired) electrons. The summed E-state index contributed by atoms with van der Waals surface area (Å²) in [6, 6.07) is 3.82. The van der Waals surface area contributed by atoms with Crippen LogP contribution in [0.15, 0.2) is 24.5 Å². The summed E-state index contributed by atoms with van der Waals surface area (Å²) in [5.74, 6) is -0.239. The van der Waals surface area contributed by atoms with Gasteiger partial charge in [-0.2, -0.15) is 0 Å². The van der Waals surface area contributed by atoms with Crippen LogP contribution in [0.1, 0.15) is 26.3 Å². The zero-order valence-corrected chi connectivity index (χ0v) is 9.99. The molecule has 1 aromatic heterocycles. The van der Waals surface area contributed by atoms with E-state index in [1.165, 1.54) is 0 Å². The lowest BCUT2D eigenvalue weighted by Crippen LogP contribution is -2.31. The number of pyridine rings is 1. The average Bonchev–Trinajstić information content (AvgIpc) is 2.16. The van der Waals surface area contributed by atoms with Crippen LogP contribution in [0.25, 0.3) is 0 Å². The molecule has 1 aromatic rings. The molecule has 88 valence electrons. The molecule has 0 aliphatic rings. The third-order valence-electron chi connectivity index (χ3n) is 1.74. The quantitative estimate of drug-likeness (QED) is 0.785. The van der Waals surface area contributed by atoms with Crippen LogP contribution < -0.4 is 5.32 Å². The number of nitrogens with one attached hydrogen (secondary N) is 1. The van der Waals surface area contributed by atoms with Crippen LogP contribution in [0.3, 0.4) is 0 Å². The molecule has 0 saturated carbocycles. The van der Waals surface area contributed by atoms with Crippen LogP contribution in [0.4, 0.5) is 0 Å². The topological polar surface area (TPSA) is 51.2 Å². The number of hydrogen-bond acceptors (Lipinski definition) is 4. The molecule has 1 rings (SSSR count). The zero-order chi connectivity index (χ0) is 12.0. The first-order valence-electron chi connectivity index (χ1n) is 5.29. The Kier molecular flexibility index (Phi) is 4.43. The molecule has 0 aliphatic heterocycles. The average molecular weight is 222 g/mol. The second-order valence-electron chi connectivity index (χ2n) is 4.55. The van der Waals surface area contributed by atoms with E-state index in [4.69, 9.17) is 4.74 Å². The molecular formula is C12H18N2O2. The highest BCUT2D eigenvalue weighted by Gasteiger charge is 2.15. The largest absolute Gasteiger partial charge is 0.459 e. The summed E-state index contributed by atoms with van der Waals surface area (Å²) >= 11 is 0. The summed E-state index contributed by atoms with van der Waals surface area (Å²) in [6.07, 6.45) is 3.49. The van der Waals surface area contributed by atoms with Crippen molar-refractivity contribution in [2.24, 2.45) is 0 Å².